The second kappa shape index (κ2) is 6.94. The first-order valence-electron chi connectivity index (χ1n) is 7.35. The molecule has 0 unspecified atom stereocenters. The normalized spacial score (nSPS) is 10.6. The molecule has 0 aliphatic carbocycles. The molecular weight excluding hydrogens is 347 g/mol. The Balaban J connectivity index is 1.97. The summed E-state index contributed by atoms with van der Waals surface area (Å²) in [4.78, 5) is 15.7. The summed E-state index contributed by atoms with van der Waals surface area (Å²) in [5.74, 6) is 0.325. The number of benzene rings is 2. The predicted molar refractivity (Wildman–Crippen MR) is 94.3 cm³/mol. The molecule has 0 aliphatic heterocycles. The van der Waals surface area contributed by atoms with Crippen LogP contribution in [0.2, 0.25) is 5.02 Å². The van der Waals surface area contributed by atoms with Crippen LogP contribution in [0.1, 0.15) is 6.92 Å². The number of nitrogens with zero attached hydrogens (tertiary/aromatic N) is 1. The zero-order valence-electron chi connectivity index (χ0n) is 13.5. The van der Waals surface area contributed by atoms with Crippen LogP contribution in [0.4, 0.5) is 15.9 Å². The number of hydrogen-bond donors (Lipinski definition) is 1. The van der Waals surface area contributed by atoms with Crippen molar-refractivity contribution in [3.05, 3.63) is 53.3 Å². The smallest absolute Gasteiger partial charge is 0.308 e. The number of esters is 1. The lowest BCUT2D eigenvalue weighted by molar-refractivity contribution is -0.131. The maximum atomic E-state index is 13.2. The number of ether oxygens (including phenoxy) is 2. The van der Waals surface area contributed by atoms with Crippen molar-refractivity contribution in [2.24, 2.45) is 0 Å². The van der Waals surface area contributed by atoms with Crippen molar-refractivity contribution in [1.29, 1.82) is 0 Å². The highest BCUT2D eigenvalue weighted by Crippen LogP contribution is 2.33. The highest BCUT2D eigenvalue weighted by Gasteiger charge is 2.11. The monoisotopic (exact) mass is 360 g/mol. The first-order valence-corrected chi connectivity index (χ1v) is 7.73. The van der Waals surface area contributed by atoms with Crippen molar-refractivity contribution >= 4 is 40.0 Å². The maximum absolute atomic E-state index is 13.2. The molecule has 0 radical (unpaired) electrons. The van der Waals surface area contributed by atoms with Crippen LogP contribution in [0.15, 0.2) is 42.5 Å². The Kier molecular flexibility index (Phi) is 4.72. The van der Waals surface area contributed by atoms with Gasteiger partial charge >= 0.3 is 5.97 Å². The third-order valence-corrected chi connectivity index (χ3v) is 3.71. The molecule has 25 heavy (non-hydrogen) atoms. The predicted octanol–water partition coefficient (Wildman–Crippen LogP) is 4.70. The first-order chi connectivity index (χ1) is 12.0. The number of pyridine rings is 1. The number of halogens is 2. The van der Waals surface area contributed by atoms with Gasteiger partial charge in [-0.2, -0.15) is 0 Å². The summed E-state index contributed by atoms with van der Waals surface area (Å²) in [6.07, 6.45) is 0. The van der Waals surface area contributed by atoms with Crippen molar-refractivity contribution in [2.45, 2.75) is 6.92 Å². The van der Waals surface area contributed by atoms with Gasteiger partial charge in [0.1, 0.15) is 11.6 Å². The third-order valence-electron chi connectivity index (χ3n) is 3.42. The summed E-state index contributed by atoms with van der Waals surface area (Å²) in [6, 6.07) is 11.3. The van der Waals surface area contributed by atoms with Crippen LogP contribution in [-0.4, -0.2) is 18.1 Å². The molecule has 5 nitrogen and oxygen atoms in total. The molecule has 3 aromatic rings. The second-order valence-electron chi connectivity index (χ2n) is 5.24. The topological polar surface area (TPSA) is 60.4 Å². The summed E-state index contributed by atoms with van der Waals surface area (Å²) in [6.45, 7) is 1.31. The summed E-state index contributed by atoms with van der Waals surface area (Å²) in [5, 5.41) is 3.89. The molecule has 0 spiro atoms. The minimum absolute atomic E-state index is 0.0210. The van der Waals surface area contributed by atoms with Gasteiger partial charge in [0.2, 0.25) is 0 Å². The Morgan fingerprint density at radius 3 is 2.64 bits per heavy atom. The van der Waals surface area contributed by atoms with E-state index in [0.717, 1.165) is 5.39 Å². The van der Waals surface area contributed by atoms with Gasteiger partial charge in [-0.1, -0.05) is 11.6 Å². The molecule has 0 atom stereocenters. The lowest BCUT2D eigenvalue weighted by Crippen LogP contribution is -2.03. The van der Waals surface area contributed by atoms with E-state index in [1.807, 2.05) is 6.07 Å². The van der Waals surface area contributed by atoms with Crippen LogP contribution in [-0.2, 0) is 4.79 Å². The first kappa shape index (κ1) is 17.0. The zero-order valence-corrected chi connectivity index (χ0v) is 14.2. The molecule has 7 heteroatoms. The van der Waals surface area contributed by atoms with E-state index in [-0.39, 0.29) is 10.8 Å². The van der Waals surface area contributed by atoms with Gasteiger partial charge in [-0.25, -0.2) is 9.37 Å². The highest BCUT2D eigenvalue weighted by atomic mass is 35.5. The average molecular weight is 361 g/mol. The van der Waals surface area contributed by atoms with Gasteiger partial charge < -0.3 is 14.8 Å². The fraction of sp³-hybridized carbons (Fsp3) is 0.111. The van der Waals surface area contributed by atoms with Gasteiger partial charge in [0.15, 0.2) is 11.5 Å². The Hall–Kier alpha value is -2.86. The number of hydrogen-bond acceptors (Lipinski definition) is 5. The van der Waals surface area contributed by atoms with E-state index >= 15 is 0 Å². The fourth-order valence-electron chi connectivity index (χ4n) is 2.32. The lowest BCUT2D eigenvalue weighted by atomic mass is 10.2. The third kappa shape index (κ3) is 3.80. The van der Waals surface area contributed by atoms with Crippen molar-refractivity contribution in [3.8, 4) is 11.5 Å². The maximum Gasteiger partial charge on any atom is 0.308 e. The zero-order chi connectivity index (χ0) is 18.0. The Morgan fingerprint density at radius 1 is 1.16 bits per heavy atom. The van der Waals surface area contributed by atoms with E-state index in [2.05, 4.69) is 10.3 Å². The summed E-state index contributed by atoms with van der Waals surface area (Å²) >= 11 is 5.78. The number of anilines is 2. The second-order valence-corrected chi connectivity index (χ2v) is 5.65. The molecule has 0 bridgehead atoms. The number of carbonyl (C=O) groups is 1. The van der Waals surface area contributed by atoms with Gasteiger partial charge in [0.05, 0.1) is 17.6 Å². The van der Waals surface area contributed by atoms with Crippen molar-refractivity contribution in [2.75, 3.05) is 12.4 Å². The van der Waals surface area contributed by atoms with E-state index in [4.69, 9.17) is 21.1 Å². The van der Waals surface area contributed by atoms with E-state index < -0.39 is 11.8 Å². The minimum Gasteiger partial charge on any atom is -0.493 e. The molecule has 0 fully saturated rings. The average Bonchev–Trinajstić information content (AvgIpc) is 2.57. The molecular formula is C18H14ClFN2O3. The van der Waals surface area contributed by atoms with E-state index in [9.17, 15) is 9.18 Å². The quantitative estimate of drug-likeness (QED) is 0.539. The number of nitrogens with one attached hydrogen (secondary N) is 1. The van der Waals surface area contributed by atoms with Crippen LogP contribution in [0.25, 0.3) is 10.9 Å². The molecule has 1 heterocycles. The minimum atomic E-state index is -0.489. The Labute approximate surface area is 148 Å². The molecule has 1 aromatic heterocycles. The number of fused-ring (bicyclic) bond motifs is 1. The highest BCUT2D eigenvalue weighted by molar-refractivity contribution is 6.31. The van der Waals surface area contributed by atoms with Gasteiger partial charge in [0.25, 0.3) is 0 Å². The Bertz CT molecular complexity index is 962. The molecule has 0 saturated carbocycles. The number of methoxy groups -OCH3 is 1. The van der Waals surface area contributed by atoms with Gasteiger partial charge in [-0.15, -0.1) is 0 Å². The van der Waals surface area contributed by atoms with Crippen LogP contribution < -0.4 is 14.8 Å². The van der Waals surface area contributed by atoms with Crippen molar-refractivity contribution in [1.82, 2.24) is 4.98 Å². The van der Waals surface area contributed by atoms with Crippen LogP contribution in [0.3, 0.4) is 0 Å². The number of aromatic nitrogens is 1. The lowest BCUT2D eigenvalue weighted by Gasteiger charge is -2.11. The molecule has 3 rings (SSSR count). The summed E-state index contributed by atoms with van der Waals surface area (Å²) in [5.41, 5.74) is 1.21. The number of rotatable bonds is 4. The Morgan fingerprint density at radius 2 is 1.96 bits per heavy atom. The summed E-state index contributed by atoms with van der Waals surface area (Å²) in [7, 11) is 1.50. The SMILES string of the molecule is COc1cc2ccc(Nc3ccc(F)c(Cl)c3)nc2cc1OC(C)=O. The molecule has 128 valence electrons. The molecule has 0 amide bonds. The molecule has 2 aromatic carbocycles. The fourth-order valence-corrected chi connectivity index (χ4v) is 2.50. The largest absolute Gasteiger partial charge is 0.493 e. The number of carbonyl (C=O) groups excluding carboxylic acids is 1. The van der Waals surface area contributed by atoms with E-state index in [0.29, 0.717) is 22.8 Å². The standard InChI is InChI=1S/C18H14ClFN2O3/c1-10(23)25-17-9-15-11(7-16(17)24-2)3-6-18(22-15)21-12-4-5-14(20)13(19)8-12/h3-9H,1-2H3,(H,21,22). The van der Waals surface area contributed by atoms with Crippen LogP contribution in [0, 0.1) is 5.82 Å². The van der Waals surface area contributed by atoms with Gasteiger partial charge in [-0.3, -0.25) is 4.79 Å². The molecule has 1 N–H and O–H groups in total. The van der Waals surface area contributed by atoms with Gasteiger partial charge in [0, 0.05) is 24.1 Å². The van der Waals surface area contributed by atoms with E-state index in [1.165, 1.54) is 26.2 Å². The van der Waals surface area contributed by atoms with Crippen molar-refractivity contribution in [3.63, 3.8) is 0 Å². The summed E-state index contributed by atoms with van der Waals surface area (Å²) < 4.78 is 23.6. The van der Waals surface area contributed by atoms with Gasteiger partial charge in [-0.05, 0) is 36.4 Å². The van der Waals surface area contributed by atoms with Crippen LogP contribution in [0.5, 0.6) is 11.5 Å². The van der Waals surface area contributed by atoms with E-state index in [1.54, 1.807) is 24.3 Å². The van der Waals surface area contributed by atoms with Crippen LogP contribution >= 0.6 is 11.6 Å². The van der Waals surface area contributed by atoms with Crippen molar-refractivity contribution < 1.29 is 18.7 Å². The molecule has 0 aliphatic rings. The molecule has 0 saturated heterocycles.